The molecule has 0 saturated carbocycles. The van der Waals surface area contributed by atoms with Crippen LogP contribution in [-0.4, -0.2) is 33.5 Å². The highest BCUT2D eigenvalue weighted by Gasteiger charge is 2.36. The number of rotatable bonds is 8. The van der Waals surface area contributed by atoms with Crippen LogP contribution in [0.25, 0.3) is 0 Å². The van der Waals surface area contributed by atoms with Crippen molar-refractivity contribution in [2.45, 2.75) is 38.5 Å². The first-order valence-corrected chi connectivity index (χ1v) is 6.44. The lowest BCUT2D eigenvalue weighted by Gasteiger charge is -2.14. The number of carboxylic acids is 1. The van der Waals surface area contributed by atoms with Gasteiger partial charge in [-0.25, -0.2) is 4.79 Å². The Morgan fingerprint density at radius 3 is 2.47 bits per heavy atom. The van der Waals surface area contributed by atoms with Gasteiger partial charge in [0, 0.05) is 0 Å². The van der Waals surface area contributed by atoms with Gasteiger partial charge in [0.2, 0.25) is 0 Å². The Morgan fingerprint density at radius 1 is 1.40 bits per heavy atom. The van der Waals surface area contributed by atoms with Gasteiger partial charge >= 0.3 is 13.6 Å². The molecule has 0 saturated heterocycles. The monoisotopic (exact) mass is 240 g/mol. The molecule has 3 N–H and O–H groups in total. The molecule has 0 rings (SSSR count). The van der Waals surface area contributed by atoms with Gasteiger partial charge in [-0.05, 0) is 6.42 Å². The van der Waals surface area contributed by atoms with Gasteiger partial charge in [0.1, 0.15) is 0 Å². The van der Waals surface area contributed by atoms with Crippen LogP contribution in [0.2, 0.25) is 0 Å². The van der Waals surface area contributed by atoms with E-state index < -0.39 is 19.4 Å². The Bertz CT molecular complexity index is 241. The Balaban J connectivity index is 3.84. The summed E-state index contributed by atoms with van der Waals surface area (Å²) in [4.78, 5) is 19.2. The molecular formula is C8H17O6P. The predicted molar refractivity (Wildman–Crippen MR) is 53.6 cm³/mol. The first-order valence-electron chi connectivity index (χ1n) is 4.79. The second-order valence-electron chi connectivity index (χ2n) is 3.17. The summed E-state index contributed by atoms with van der Waals surface area (Å²) in [5.41, 5.74) is 0. The van der Waals surface area contributed by atoms with Gasteiger partial charge < -0.3 is 19.6 Å². The Kier molecular flexibility index (Phi) is 6.76. The van der Waals surface area contributed by atoms with Crippen molar-refractivity contribution in [3.05, 3.63) is 0 Å². The van der Waals surface area contributed by atoms with Gasteiger partial charge in [-0.1, -0.05) is 26.2 Å². The lowest BCUT2D eigenvalue weighted by molar-refractivity contribution is -0.143. The van der Waals surface area contributed by atoms with Crippen LogP contribution in [0.5, 0.6) is 0 Å². The number of unbranched alkanes of at least 4 members (excludes halogenated alkanes) is 3. The predicted octanol–water partition coefficient (Wildman–Crippen LogP) is 1.17. The van der Waals surface area contributed by atoms with E-state index in [0.29, 0.717) is 6.42 Å². The van der Waals surface area contributed by atoms with Crippen molar-refractivity contribution in [3.8, 4) is 0 Å². The molecule has 15 heavy (non-hydrogen) atoms. The standard InChI is InChI=1S/C8H17O6P/c1-2-3-4-5-6-14-15(12,13)8(11)7(9)10/h8,11H,2-6H2,1H3,(H,9,10)(H,12,13). The van der Waals surface area contributed by atoms with Crippen molar-refractivity contribution < 1.29 is 29.0 Å². The average molecular weight is 240 g/mol. The van der Waals surface area contributed by atoms with Crippen LogP contribution < -0.4 is 0 Å². The third-order valence-corrected chi connectivity index (χ3v) is 3.20. The van der Waals surface area contributed by atoms with E-state index in [1.54, 1.807) is 0 Å². The maximum atomic E-state index is 11.1. The summed E-state index contributed by atoms with van der Waals surface area (Å²) >= 11 is 0. The topological polar surface area (TPSA) is 104 Å². The van der Waals surface area contributed by atoms with Gasteiger partial charge in [-0.2, -0.15) is 0 Å². The SMILES string of the molecule is CCCCCCOP(=O)(O)C(O)C(=O)O. The molecule has 2 unspecified atom stereocenters. The minimum absolute atomic E-state index is 0.0158. The van der Waals surface area contributed by atoms with Crippen molar-refractivity contribution in [1.29, 1.82) is 0 Å². The molecule has 90 valence electrons. The maximum Gasteiger partial charge on any atom is 0.367 e. The van der Waals surface area contributed by atoms with E-state index in [9.17, 15) is 9.36 Å². The molecule has 0 heterocycles. The lowest BCUT2D eigenvalue weighted by atomic mass is 10.2. The van der Waals surface area contributed by atoms with Crippen LogP contribution in [0.3, 0.4) is 0 Å². The summed E-state index contributed by atoms with van der Waals surface area (Å²) in [7, 11) is -4.43. The normalized spacial score (nSPS) is 17.0. The van der Waals surface area contributed by atoms with Gasteiger partial charge in [-0.15, -0.1) is 0 Å². The summed E-state index contributed by atoms with van der Waals surface area (Å²) in [5.74, 6) is -4.11. The van der Waals surface area contributed by atoms with E-state index in [0.717, 1.165) is 19.3 Å². The number of carboxylic acid groups (broad SMARTS) is 1. The quantitative estimate of drug-likeness (QED) is 0.434. The molecule has 0 fully saturated rings. The fraction of sp³-hybridized carbons (Fsp3) is 0.875. The fourth-order valence-electron chi connectivity index (χ4n) is 0.934. The molecular weight excluding hydrogens is 223 g/mol. The van der Waals surface area contributed by atoms with Gasteiger partial charge in [0.25, 0.3) is 5.85 Å². The van der Waals surface area contributed by atoms with E-state index in [1.165, 1.54) is 0 Å². The average Bonchev–Trinajstić information content (AvgIpc) is 2.16. The minimum Gasteiger partial charge on any atom is -0.479 e. The Morgan fingerprint density at radius 2 is 2.00 bits per heavy atom. The number of aliphatic carboxylic acids is 1. The highest BCUT2D eigenvalue weighted by molar-refractivity contribution is 7.54. The fourth-order valence-corrected chi connectivity index (χ4v) is 1.75. The van der Waals surface area contributed by atoms with E-state index in [-0.39, 0.29) is 6.61 Å². The minimum atomic E-state index is -4.43. The first kappa shape index (κ1) is 14.6. The summed E-state index contributed by atoms with van der Waals surface area (Å²) in [6.07, 6.45) is 3.43. The molecule has 0 aliphatic rings. The van der Waals surface area contributed by atoms with Crippen molar-refractivity contribution in [3.63, 3.8) is 0 Å². The van der Waals surface area contributed by atoms with Crippen LogP contribution in [0.15, 0.2) is 0 Å². The van der Waals surface area contributed by atoms with E-state index in [4.69, 9.17) is 15.1 Å². The third kappa shape index (κ3) is 5.89. The summed E-state index contributed by atoms with van der Waals surface area (Å²) in [6.45, 7) is 2.00. The van der Waals surface area contributed by atoms with Crippen molar-refractivity contribution in [2.75, 3.05) is 6.61 Å². The maximum absolute atomic E-state index is 11.1. The molecule has 0 aromatic rings. The molecule has 6 nitrogen and oxygen atoms in total. The van der Waals surface area contributed by atoms with E-state index >= 15 is 0 Å². The summed E-state index contributed by atoms with van der Waals surface area (Å²) in [6, 6.07) is 0. The number of hydrogen-bond acceptors (Lipinski definition) is 4. The number of aliphatic hydroxyl groups excluding tert-OH is 1. The zero-order valence-corrected chi connectivity index (χ0v) is 9.52. The largest absolute Gasteiger partial charge is 0.479 e. The smallest absolute Gasteiger partial charge is 0.367 e. The molecule has 0 radical (unpaired) electrons. The Labute approximate surface area is 88.4 Å². The van der Waals surface area contributed by atoms with Crippen LogP contribution in [0.1, 0.15) is 32.6 Å². The van der Waals surface area contributed by atoms with Crippen LogP contribution in [0.4, 0.5) is 0 Å². The molecule has 7 heteroatoms. The van der Waals surface area contributed by atoms with Gasteiger partial charge in [0.05, 0.1) is 6.61 Å². The Hall–Kier alpha value is -0.420. The first-order chi connectivity index (χ1) is 6.91. The number of aliphatic hydroxyl groups is 1. The van der Waals surface area contributed by atoms with Gasteiger partial charge in [0.15, 0.2) is 0 Å². The zero-order chi connectivity index (χ0) is 11.9. The van der Waals surface area contributed by atoms with Crippen LogP contribution >= 0.6 is 7.60 Å². The van der Waals surface area contributed by atoms with Crippen molar-refractivity contribution in [1.82, 2.24) is 0 Å². The summed E-state index contributed by atoms with van der Waals surface area (Å²) < 4.78 is 15.6. The molecule has 0 aromatic carbocycles. The second-order valence-corrected chi connectivity index (χ2v) is 5.05. The summed E-state index contributed by atoms with van der Waals surface area (Å²) in [5, 5.41) is 17.1. The second kappa shape index (κ2) is 6.95. The van der Waals surface area contributed by atoms with Gasteiger partial charge in [-0.3, -0.25) is 4.57 Å². The van der Waals surface area contributed by atoms with Crippen molar-refractivity contribution in [2.24, 2.45) is 0 Å². The number of carbonyl (C=O) groups is 1. The van der Waals surface area contributed by atoms with Crippen LogP contribution in [-0.2, 0) is 13.9 Å². The molecule has 0 aliphatic heterocycles. The zero-order valence-electron chi connectivity index (χ0n) is 8.63. The number of hydrogen-bond donors (Lipinski definition) is 3. The third-order valence-electron chi connectivity index (χ3n) is 1.80. The highest BCUT2D eigenvalue weighted by atomic mass is 31.2. The van der Waals surface area contributed by atoms with Crippen molar-refractivity contribution >= 4 is 13.6 Å². The van der Waals surface area contributed by atoms with E-state index in [2.05, 4.69) is 4.52 Å². The van der Waals surface area contributed by atoms with E-state index in [1.807, 2.05) is 6.92 Å². The highest BCUT2D eigenvalue weighted by Crippen LogP contribution is 2.46. The molecule has 0 spiro atoms. The van der Waals surface area contributed by atoms with Crippen LogP contribution in [0, 0.1) is 0 Å². The lowest BCUT2D eigenvalue weighted by Crippen LogP contribution is -2.20. The molecule has 0 aromatic heterocycles. The molecule has 0 aliphatic carbocycles. The molecule has 2 atom stereocenters. The molecule has 0 amide bonds. The molecule has 0 bridgehead atoms.